The first-order valence-electron chi connectivity index (χ1n) is 5.73. The second-order valence-corrected chi connectivity index (χ2v) is 4.80. The number of halogens is 1. The van der Waals surface area contributed by atoms with Gasteiger partial charge in [0, 0.05) is 11.1 Å². The van der Waals surface area contributed by atoms with Crippen LogP contribution in [0.2, 0.25) is 5.02 Å². The summed E-state index contributed by atoms with van der Waals surface area (Å²) in [5.74, 6) is 0.902. The van der Waals surface area contributed by atoms with Crippen LogP contribution in [0.5, 0.6) is 0 Å². The summed E-state index contributed by atoms with van der Waals surface area (Å²) in [5, 5.41) is 4.26. The number of hydrogen-bond acceptors (Lipinski definition) is 1. The number of hydrogen-bond donors (Lipinski definition) is 1. The van der Waals surface area contributed by atoms with Crippen LogP contribution < -0.4 is 5.32 Å². The summed E-state index contributed by atoms with van der Waals surface area (Å²) in [4.78, 5) is 0. The van der Waals surface area contributed by atoms with E-state index in [2.05, 4.69) is 17.4 Å². The lowest BCUT2D eigenvalue weighted by Gasteiger charge is -2.30. The minimum Gasteiger partial charge on any atom is -0.313 e. The first kappa shape index (κ1) is 11.0. The fourth-order valence-corrected chi connectivity index (χ4v) is 2.49. The highest BCUT2D eigenvalue weighted by atomic mass is 35.5. The van der Waals surface area contributed by atoms with E-state index >= 15 is 0 Å². The Morgan fingerprint density at radius 3 is 2.67 bits per heavy atom. The SMILES string of the molecule is CNC(CC1CCC1)c1ccccc1Cl. The number of nitrogens with one attached hydrogen (secondary N) is 1. The van der Waals surface area contributed by atoms with Crippen LogP contribution in [-0.4, -0.2) is 7.05 Å². The van der Waals surface area contributed by atoms with Gasteiger partial charge in [0.05, 0.1) is 0 Å². The van der Waals surface area contributed by atoms with Crippen molar-refractivity contribution in [1.82, 2.24) is 5.32 Å². The highest BCUT2D eigenvalue weighted by Crippen LogP contribution is 2.36. The van der Waals surface area contributed by atoms with Gasteiger partial charge in [0.2, 0.25) is 0 Å². The molecule has 1 aromatic carbocycles. The molecule has 2 heteroatoms. The van der Waals surface area contributed by atoms with E-state index < -0.39 is 0 Å². The second kappa shape index (κ2) is 5.00. The molecule has 0 saturated heterocycles. The number of benzene rings is 1. The first-order valence-corrected chi connectivity index (χ1v) is 6.10. The molecule has 0 radical (unpaired) electrons. The van der Waals surface area contributed by atoms with Crippen LogP contribution in [0.25, 0.3) is 0 Å². The standard InChI is InChI=1S/C13H18ClN/c1-15-13(9-10-5-4-6-10)11-7-2-3-8-12(11)14/h2-3,7-8,10,13,15H,4-6,9H2,1H3. The molecule has 82 valence electrons. The van der Waals surface area contributed by atoms with Crippen LogP contribution in [-0.2, 0) is 0 Å². The van der Waals surface area contributed by atoms with E-state index in [0.29, 0.717) is 6.04 Å². The number of rotatable bonds is 4. The van der Waals surface area contributed by atoms with Crippen molar-refractivity contribution in [2.45, 2.75) is 31.7 Å². The maximum absolute atomic E-state index is 6.20. The third kappa shape index (κ3) is 2.53. The Balaban J connectivity index is 2.07. The van der Waals surface area contributed by atoms with E-state index in [9.17, 15) is 0 Å². The maximum Gasteiger partial charge on any atom is 0.0453 e. The Morgan fingerprint density at radius 2 is 2.13 bits per heavy atom. The van der Waals surface area contributed by atoms with Crippen LogP contribution in [0, 0.1) is 5.92 Å². The molecular weight excluding hydrogens is 206 g/mol. The Morgan fingerprint density at radius 1 is 1.40 bits per heavy atom. The minimum absolute atomic E-state index is 0.420. The third-order valence-electron chi connectivity index (χ3n) is 3.42. The predicted octanol–water partition coefficient (Wildman–Crippen LogP) is 3.79. The van der Waals surface area contributed by atoms with Gasteiger partial charge in [-0.25, -0.2) is 0 Å². The van der Waals surface area contributed by atoms with Crippen LogP contribution in [0.1, 0.15) is 37.3 Å². The monoisotopic (exact) mass is 223 g/mol. The van der Waals surface area contributed by atoms with Crippen LogP contribution in [0.3, 0.4) is 0 Å². The highest BCUT2D eigenvalue weighted by Gasteiger charge is 2.23. The summed E-state index contributed by atoms with van der Waals surface area (Å²) < 4.78 is 0. The van der Waals surface area contributed by atoms with Crippen LogP contribution in [0.15, 0.2) is 24.3 Å². The molecule has 0 aliphatic heterocycles. The van der Waals surface area contributed by atoms with Crippen LogP contribution >= 0.6 is 11.6 Å². The van der Waals surface area contributed by atoms with E-state index in [1.54, 1.807) is 0 Å². The summed E-state index contributed by atoms with van der Waals surface area (Å²) in [6, 6.07) is 8.57. The zero-order valence-corrected chi connectivity index (χ0v) is 9.93. The van der Waals surface area contributed by atoms with E-state index in [1.807, 2.05) is 19.2 Å². The maximum atomic E-state index is 6.20. The molecule has 2 rings (SSSR count). The average Bonchev–Trinajstić information content (AvgIpc) is 2.19. The Kier molecular flexibility index (Phi) is 3.66. The highest BCUT2D eigenvalue weighted by molar-refractivity contribution is 6.31. The fourth-order valence-electron chi connectivity index (χ4n) is 2.22. The van der Waals surface area contributed by atoms with Gasteiger partial charge in [-0.1, -0.05) is 49.1 Å². The zero-order valence-electron chi connectivity index (χ0n) is 9.17. The summed E-state index contributed by atoms with van der Waals surface area (Å²) in [7, 11) is 2.02. The molecule has 1 saturated carbocycles. The summed E-state index contributed by atoms with van der Waals surface area (Å²) in [6.07, 6.45) is 5.41. The van der Waals surface area contributed by atoms with Gasteiger partial charge in [-0.15, -0.1) is 0 Å². The van der Waals surface area contributed by atoms with E-state index in [1.165, 1.54) is 31.2 Å². The lowest BCUT2D eigenvalue weighted by molar-refractivity contribution is 0.266. The Hall–Kier alpha value is -0.530. The third-order valence-corrected chi connectivity index (χ3v) is 3.77. The quantitative estimate of drug-likeness (QED) is 0.819. The molecule has 1 unspecified atom stereocenters. The van der Waals surface area contributed by atoms with Gasteiger partial charge >= 0.3 is 0 Å². The lowest BCUT2D eigenvalue weighted by Crippen LogP contribution is -2.23. The second-order valence-electron chi connectivity index (χ2n) is 4.40. The minimum atomic E-state index is 0.420. The van der Waals surface area contributed by atoms with Gasteiger partial charge < -0.3 is 5.32 Å². The topological polar surface area (TPSA) is 12.0 Å². The van der Waals surface area contributed by atoms with E-state index in [-0.39, 0.29) is 0 Å². The molecule has 1 aromatic rings. The van der Waals surface area contributed by atoms with Gasteiger partial charge in [0.15, 0.2) is 0 Å². The molecule has 1 aliphatic rings. The molecule has 1 fully saturated rings. The van der Waals surface area contributed by atoms with Crippen LogP contribution in [0.4, 0.5) is 0 Å². The molecule has 1 N–H and O–H groups in total. The van der Waals surface area contributed by atoms with Crippen molar-refractivity contribution in [3.05, 3.63) is 34.9 Å². The lowest BCUT2D eigenvalue weighted by atomic mass is 9.79. The molecule has 0 amide bonds. The van der Waals surface area contributed by atoms with Crippen molar-refractivity contribution < 1.29 is 0 Å². The Bertz CT molecular complexity index is 320. The summed E-state index contributed by atoms with van der Waals surface area (Å²) in [5.41, 5.74) is 1.24. The van der Waals surface area contributed by atoms with Crippen molar-refractivity contribution in [3.63, 3.8) is 0 Å². The molecule has 0 heterocycles. The van der Waals surface area contributed by atoms with Gasteiger partial charge in [-0.3, -0.25) is 0 Å². The van der Waals surface area contributed by atoms with E-state index in [0.717, 1.165) is 10.9 Å². The zero-order chi connectivity index (χ0) is 10.7. The molecule has 1 atom stereocenters. The van der Waals surface area contributed by atoms with Crippen molar-refractivity contribution >= 4 is 11.6 Å². The van der Waals surface area contributed by atoms with Gasteiger partial charge in [0.25, 0.3) is 0 Å². The van der Waals surface area contributed by atoms with Crippen molar-refractivity contribution in [2.24, 2.45) is 5.92 Å². The predicted molar refractivity (Wildman–Crippen MR) is 65.2 cm³/mol. The molecule has 15 heavy (non-hydrogen) atoms. The smallest absolute Gasteiger partial charge is 0.0453 e. The summed E-state index contributed by atoms with van der Waals surface area (Å²) >= 11 is 6.20. The van der Waals surface area contributed by atoms with Gasteiger partial charge in [-0.2, -0.15) is 0 Å². The first-order chi connectivity index (χ1) is 7.31. The molecule has 1 aliphatic carbocycles. The molecule has 0 bridgehead atoms. The molecule has 0 spiro atoms. The largest absolute Gasteiger partial charge is 0.313 e. The normalized spacial score (nSPS) is 18.5. The molecular formula is C13H18ClN. The van der Waals surface area contributed by atoms with Crippen molar-refractivity contribution in [2.75, 3.05) is 7.05 Å². The van der Waals surface area contributed by atoms with Gasteiger partial charge in [0.1, 0.15) is 0 Å². The Labute approximate surface area is 96.8 Å². The van der Waals surface area contributed by atoms with Gasteiger partial charge in [-0.05, 0) is 31.0 Å². The van der Waals surface area contributed by atoms with Crippen molar-refractivity contribution in [3.8, 4) is 0 Å². The average molecular weight is 224 g/mol. The fraction of sp³-hybridized carbons (Fsp3) is 0.538. The van der Waals surface area contributed by atoms with Crippen molar-refractivity contribution in [1.29, 1.82) is 0 Å². The molecule has 1 nitrogen and oxygen atoms in total. The molecule has 0 aromatic heterocycles. The van der Waals surface area contributed by atoms with E-state index in [4.69, 9.17) is 11.6 Å². The summed E-state index contributed by atoms with van der Waals surface area (Å²) in [6.45, 7) is 0.